The summed E-state index contributed by atoms with van der Waals surface area (Å²) in [5, 5.41) is 13.3. The molecule has 0 aliphatic carbocycles. The van der Waals surface area contributed by atoms with Crippen LogP contribution in [0.15, 0.2) is 10.2 Å². The molecule has 0 aliphatic heterocycles. The molecule has 1 rings (SSSR count). The van der Waals surface area contributed by atoms with E-state index in [4.69, 9.17) is 5.11 Å². The number of hydrogen-bond acceptors (Lipinski definition) is 5. The molecule has 8 heteroatoms. The van der Waals surface area contributed by atoms with Crippen molar-refractivity contribution >= 4 is 35.0 Å². The first kappa shape index (κ1) is 17.8. The first-order chi connectivity index (χ1) is 9.95. The molecule has 0 unspecified atom stereocenters. The predicted molar refractivity (Wildman–Crippen MR) is 85.1 cm³/mol. The van der Waals surface area contributed by atoms with E-state index >= 15 is 0 Å². The van der Waals surface area contributed by atoms with Crippen molar-refractivity contribution in [3.63, 3.8) is 0 Å². The number of aromatic nitrogens is 1. The van der Waals surface area contributed by atoms with Crippen molar-refractivity contribution in [3.05, 3.63) is 20.7 Å². The van der Waals surface area contributed by atoms with Crippen molar-refractivity contribution in [1.29, 1.82) is 0 Å². The third kappa shape index (κ3) is 5.92. The van der Waals surface area contributed by atoms with Crippen LogP contribution in [0.4, 0.5) is 0 Å². The fourth-order valence-electron chi connectivity index (χ4n) is 1.83. The van der Waals surface area contributed by atoms with Crippen molar-refractivity contribution < 1.29 is 14.7 Å². The number of aryl methyl sites for hydroxylation is 1. The molecule has 1 aromatic heterocycles. The van der Waals surface area contributed by atoms with Crippen LogP contribution in [0, 0.1) is 6.92 Å². The number of carbonyl (C=O) groups is 2. The highest BCUT2D eigenvalue weighted by atomic mass is 32.2. The summed E-state index contributed by atoms with van der Waals surface area (Å²) in [6.45, 7) is 2.32. The summed E-state index contributed by atoms with van der Waals surface area (Å²) in [5.41, 5.74) is 0.883. The Morgan fingerprint density at radius 3 is 2.76 bits per heavy atom. The van der Waals surface area contributed by atoms with Gasteiger partial charge in [-0.25, -0.2) is 4.79 Å². The maximum atomic E-state index is 11.8. The molecule has 1 atom stereocenters. The highest BCUT2D eigenvalue weighted by Gasteiger charge is 2.19. The van der Waals surface area contributed by atoms with Crippen molar-refractivity contribution in [2.75, 3.05) is 12.0 Å². The Morgan fingerprint density at radius 2 is 2.24 bits per heavy atom. The summed E-state index contributed by atoms with van der Waals surface area (Å²) < 4.78 is 1.63. The number of aliphatic carboxylic acids is 1. The van der Waals surface area contributed by atoms with Gasteiger partial charge in [0.25, 0.3) is 0 Å². The van der Waals surface area contributed by atoms with Crippen LogP contribution in [0.1, 0.15) is 25.0 Å². The normalized spacial score (nSPS) is 12.1. The fraction of sp³-hybridized carbons (Fsp3) is 0.615. The van der Waals surface area contributed by atoms with Crippen LogP contribution < -0.4 is 10.2 Å². The highest BCUT2D eigenvalue weighted by Crippen LogP contribution is 2.04. The predicted octanol–water partition coefficient (Wildman–Crippen LogP) is 1.32. The molecular weight excluding hydrogens is 312 g/mol. The minimum absolute atomic E-state index is 0.0312. The van der Waals surface area contributed by atoms with E-state index in [-0.39, 0.29) is 17.2 Å². The lowest BCUT2D eigenvalue weighted by atomic mass is 10.2. The zero-order valence-electron chi connectivity index (χ0n) is 12.1. The Kier molecular flexibility index (Phi) is 7.52. The zero-order valence-corrected chi connectivity index (χ0v) is 13.8. The van der Waals surface area contributed by atoms with Gasteiger partial charge in [0.1, 0.15) is 6.04 Å². The maximum Gasteiger partial charge on any atom is 0.326 e. The molecular formula is C13H20N2O4S2. The summed E-state index contributed by atoms with van der Waals surface area (Å²) in [7, 11) is 0. The standard InChI is InChI=1S/C13H20N2O4S2/c1-9-8-21-13(19)15(9)6-3-4-11(16)14-10(12(17)18)5-7-20-2/h8,10H,3-7H2,1-2H3,(H,14,16)(H,17,18)/t10-/m0/s1. The molecule has 2 N–H and O–H groups in total. The number of nitrogens with zero attached hydrogens (tertiary/aromatic N) is 1. The Labute approximate surface area is 131 Å². The Balaban J connectivity index is 2.39. The van der Waals surface area contributed by atoms with Crippen LogP contribution in [-0.2, 0) is 16.1 Å². The van der Waals surface area contributed by atoms with Crippen LogP contribution in [0.25, 0.3) is 0 Å². The van der Waals surface area contributed by atoms with E-state index in [0.29, 0.717) is 25.1 Å². The number of rotatable bonds is 9. The molecule has 0 fully saturated rings. The van der Waals surface area contributed by atoms with Crippen LogP contribution in [-0.4, -0.2) is 39.6 Å². The lowest BCUT2D eigenvalue weighted by molar-refractivity contribution is -0.141. The molecule has 0 saturated heterocycles. The number of carboxylic acid groups (broad SMARTS) is 1. The third-order valence-corrected chi connectivity index (χ3v) is 4.53. The lowest BCUT2D eigenvalue weighted by Gasteiger charge is -2.14. The molecule has 1 amide bonds. The second-order valence-electron chi connectivity index (χ2n) is 4.64. The molecule has 118 valence electrons. The van der Waals surface area contributed by atoms with Gasteiger partial charge in [0.2, 0.25) is 5.91 Å². The first-order valence-electron chi connectivity index (χ1n) is 6.61. The van der Waals surface area contributed by atoms with E-state index in [0.717, 1.165) is 17.0 Å². The number of nitrogens with one attached hydrogen (secondary N) is 1. The highest BCUT2D eigenvalue weighted by molar-refractivity contribution is 7.98. The molecule has 0 aliphatic rings. The lowest BCUT2D eigenvalue weighted by Crippen LogP contribution is -2.41. The SMILES string of the molecule is CSCC[C@H](NC(=O)CCCn1c(C)csc1=O)C(=O)O. The smallest absolute Gasteiger partial charge is 0.326 e. The molecule has 6 nitrogen and oxygen atoms in total. The minimum Gasteiger partial charge on any atom is -0.480 e. The minimum atomic E-state index is -1.01. The molecule has 21 heavy (non-hydrogen) atoms. The van der Waals surface area contributed by atoms with Crippen molar-refractivity contribution in [1.82, 2.24) is 9.88 Å². The van der Waals surface area contributed by atoms with E-state index in [1.165, 1.54) is 0 Å². The largest absolute Gasteiger partial charge is 0.480 e. The van der Waals surface area contributed by atoms with Crippen LogP contribution >= 0.6 is 23.1 Å². The van der Waals surface area contributed by atoms with Crippen LogP contribution in [0.2, 0.25) is 0 Å². The molecule has 1 heterocycles. The zero-order chi connectivity index (χ0) is 15.8. The van der Waals surface area contributed by atoms with Crippen molar-refractivity contribution in [2.24, 2.45) is 0 Å². The van der Waals surface area contributed by atoms with Gasteiger partial charge in [-0.15, -0.1) is 0 Å². The molecule has 0 radical (unpaired) electrons. The summed E-state index contributed by atoms with van der Waals surface area (Å²) >= 11 is 2.68. The van der Waals surface area contributed by atoms with Gasteiger partial charge in [0.15, 0.2) is 0 Å². The number of carbonyl (C=O) groups excluding carboxylic acids is 1. The van der Waals surface area contributed by atoms with Gasteiger partial charge >= 0.3 is 10.8 Å². The number of thiazole rings is 1. The van der Waals surface area contributed by atoms with E-state index in [1.54, 1.807) is 21.7 Å². The van der Waals surface area contributed by atoms with E-state index < -0.39 is 12.0 Å². The molecule has 0 aromatic carbocycles. The second kappa shape index (κ2) is 8.89. The van der Waals surface area contributed by atoms with Gasteiger partial charge in [-0.2, -0.15) is 11.8 Å². The van der Waals surface area contributed by atoms with Gasteiger partial charge in [-0.3, -0.25) is 9.59 Å². The van der Waals surface area contributed by atoms with Crippen molar-refractivity contribution in [2.45, 2.75) is 38.8 Å². The summed E-state index contributed by atoms with van der Waals surface area (Å²) in [6.07, 6.45) is 3.02. The molecule has 0 spiro atoms. The van der Waals surface area contributed by atoms with Gasteiger partial charge in [-0.05, 0) is 31.8 Å². The Bertz CT molecular complexity index is 539. The van der Waals surface area contributed by atoms with Gasteiger partial charge in [-0.1, -0.05) is 11.3 Å². The van der Waals surface area contributed by atoms with E-state index in [9.17, 15) is 14.4 Å². The number of amides is 1. The average Bonchev–Trinajstić information content (AvgIpc) is 2.74. The molecule has 0 saturated carbocycles. The summed E-state index contributed by atoms with van der Waals surface area (Å²) in [4.78, 5) is 34.2. The fourth-order valence-corrected chi connectivity index (χ4v) is 3.06. The third-order valence-electron chi connectivity index (χ3n) is 3.01. The summed E-state index contributed by atoms with van der Waals surface area (Å²) in [6, 6.07) is -0.837. The topological polar surface area (TPSA) is 88.4 Å². The first-order valence-corrected chi connectivity index (χ1v) is 8.89. The van der Waals surface area contributed by atoms with Crippen LogP contribution in [0.3, 0.4) is 0 Å². The number of carboxylic acids is 1. The maximum absolute atomic E-state index is 11.8. The van der Waals surface area contributed by atoms with Crippen LogP contribution in [0.5, 0.6) is 0 Å². The Hall–Kier alpha value is -1.28. The van der Waals surface area contributed by atoms with E-state index in [1.807, 2.05) is 13.2 Å². The Morgan fingerprint density at radius 1 is 1.52 bits per heavy atom. The monoisotopic (exact) mass is 332 g/mol. The average molecular weight is 332 g/mol. The van der Waals surface area contributed by atoms with Crippen molar-refractivity contribution in [3.8, 4) is 0 Å². The quantitative estimate of drug-likeness (QED) is 0.712. The number of hydrogen-bond donors (Lipinski definition) is 2. The second-order valence-corrected chi connectivity index (χ2v) is 6.44. The number of thioether (sulfide) groups is 1. The van der Waals surface area contributed by atoms with Gasteiger partial charge in [0.05, 0.1) is 0 Å². The van der Waals surface area contributed by atoms with E-state index in [2.05, 4.69) is 5.32 Å². The summed E-state index contributed by atoms with van der Waals surface area (Å²) in [5.74, 6) is -0.618. The molecule has 0 bridgehead atoms. The molecule has 1 aromatic rings. The van der Waals surface area contributed by atoms with Gasteiger partial charge in [0, 0.05) is 24.0 Å². The van der Waals surface area contributed by atoms with Gasteiger partial charge < -0.3 is 15.0 Å².